The molecular formula is C17H23N5O. The Kier molecular flexibility index (Phi) is 4.46. The third-order valence-corrected chi connectivity index (χ3v) is 4.92. The molecule has 6 nitrogen and oxygen atoms in total. The van der Waals surface area contributed by atoms with Gasteiger partial charge in [-0.15, -0.1) is 12.3 Å². The minimum absolute atomic E-state index is 0.214. The molecular weight excluding hydrogens is 290 g/mol. The summed E-state index contributed by atoms with van der Waals surface area (Å²) >= 11 is 0. The second kappa shape index (κ2) is 6.53. The van der Waals surface area contributed by atoms with Crippen LogP contribution in [0.25, 0.3) is 0 Å². The average Bonchev–Trinajstić information content (AvgIpc) is 3.23. The van der Waals surface area contributed by atoms with Crippen molar-refractivity contribution in [2.45, 2.75) is 50.1 Å². The Balaban J connectivity index is 1.44. The summed E-state index contributed by atoms with van der Waals surface area (Å²) in [6.07, 6.45) is 11.8. The molecule has 0 aliphatic carbocycles. The molecule has 0 bridgehead atoms. The molecule has 1 aromatic heterocycles. The van der Waals surface area contributed by atoms with Crippen LogP contribution in [0.15, 0.2) is 22.5 Å². The van der Waals surface area contributed by atoms with Gasteiger partial charge in [-0.25, -0.2) is 0 Å². The lowest BCUT2D eigenvalue weighted by Gasteiger charge is -2.32. The fraction of sp³-hybridized carbons (Fsp3) is 0.647. The number of hydrogen-bond acceptors (Lipinski definition) is 4. The molecule has 0 spiro atoms. The van der Waals surface area contributed by atoms with Crippen LogP contribution in [0.3, 0.4) is 0 Å². The molecule has 122 valence electrons. The highest BCUT2D eigenvalue weighted by molar-refractivity contribution is 5.76. The van der Waals surface area contributed by atoms with E-state index in [0.29, 0.717) is 25.2 Å². The number of aromatic nitrogens is 2. The van der Waals surface area contributed by atoms with Crippen molar-refractivity contribution in [1.82, 2.24) is 14.7 Å². The van der Waals surface area contributed by atoms with E-state index in [1.807, 2.05) is 22.8 Å². The molecule has 0 N–H and O–H groups in total. The van der Waals surface area contributed by atoms with Gasteiger partial charge in [0.25, 0.3) is 0 Å². The van der Waals surface area contributed by atoms with Gasteiger partial charge < -0.3 is 4.90 Å². The van der Waals surface area contributed by atoms with Crippen LogP contribution >= 0.6 is 0 Å². The van der Waals surface area contributed by atoms with Crippen LogP contribution in [0.1, 0.15) is 50.1 Å². The predicted octanol–water partition coefficient (Wildman–Crippen LogP) is 2.48. The fourth-order valence-electron chi connectivity index (χ4n) is 3.34. The van der Waals surface area contributed by atoms with Crippen molar-refractivity contribution in [2.75, 3.05) is 13.1 Å². The fourth-order valence-corrected chi connectivity index (χ4v) is 3.34. The van der Waals surface area contributed by atoms with Crippen molar-refractivity contribution in [3.63, 3.8) is 0 Å². The maximum absolute atomic E-state index is 12.4. The van der Waals surface area contributed by atoms with Crippen molar-refractivity contribution in [1.29, 1.82) is 0 Å². The summed E-state index contributed by atoms with van der Waals surface area (Å²) in [5.41, 5.74) is 0.913. The molecule has 2 aliphatic rings. The zero-order valence-corrected chi connectivity index (χ0v) is 13.6. The number of aryl methyl sites for hydroxylation is 1. The minimum Gasteiger partial charge on any atom is -0.343 e. The number of carbonyl (C=O) groups is 1. The predicted molar refractivity (Wildman–Crippen MR) is 86.7 cm³/mol. The Hall–Kier alpha value is -2.16. The monoisotopic (exact) mass is 313 g/mol. The number of amides is 1. The molecule has 3 heterocycles. The van der Waals surface area contributed by atoms with Gasteiger partial charge in [-0.1, -0.05) is 0 Å². The molecule has 0 atom stereocenters. The van der Waals surface area contributed by atoms with E-state index in [2.05, 4.69) is 27.3 Å². The summed E-state index contributed by atoms with van der Waals surface area (Å²) in [6, 6.07) is 2.08. The first kappa shape index (κ1) is 15.7. The van der Waals surface area contributed by atoms with E-state index in [0.717, 1.165) is 32.4 Å². The van der Waals surface area contributed by atoms with E-state index < -0.39 is 0 Å². The Morgan fingerprint density at radius 3 is 2.70 bits per heavy atom. The topological polar surface area (TPSA) is 62.9 Å². The molecule has 1 amide bonds. The summed E-state index contributed by atoms with van der Waals surface area (Å²) in [5.74, 6) is 3.33. The first-order chi connectivity index (χ1) is 11.1. The standard InChI is InChI=1S/C17H23N5O/c1-3-4-9-17(19-20-17)10-5-16(23)22-12-7-14(8-13-22)15-6-11-18-21(15)2/h1,6,11,14H,4-5,7-10,12-13H2,2H3. The molecule has 1 fully saturated rings. The molecule has 1 aromatic rings. The molecule has 0 saturated carbocycles. The van der Waals surface area contributed by atoms with Crippen molar-refractivity contribution >= 4 is 5.91 Å². The maximum Gasteiger partial charge on any atom is 0.222 e. The van der Waals surface area contributed by atoms with Crippen molar-refractivity contribution < 1.29 is 4.79 Å². The molecule has 23 heavy (non-hydrogen) atoms. The average molecular weight is 313 g/mol. The van der Waals surface area contributed by atoms with Crippen molar-refractivity contribution in [3.05, 3.63) is 18.0 Å². The summed E-state index contributed by atoms with van der Waals surface area (Å²) < 4.78 is 1.94. The lowest BCUT2D eigenvalue weighted by molar-refractivity contribution is -0.132. The summed E-state index contributed by atoms with van der Waals surface area (Å²) in [7, 11) is 1.98. The lowest BCUT2D eigenvalue weighted by atomic mass is 9.93. The number of piperidine rings is 1. The maximum atomic E-state index is 12.4. The van der Waals surface area contributed by atoms with E-state index in [1.54, 1.807) is 0 Å². The Labute approximate surface area is 137 Å². The van der Waals surface area contributed by atoms with Gasteiger partial charge in [0.2, 0.25) is 5.91 Å². The molecule has 0 aromatic carbocycles. The van der Waals surface area contributed by atoms with E-state index in [-0.39, 0.29) is 11.6 Å². The normalized spacial score (nSPS) is 19.6. The highest BCUT2D eigenvalue weighted by atomic mass is 16.2. The third kappa shape index (κ3) is 3.61. The van der Waals surface area contributed by atoms with Gasteiger partial charge in [-0.05, 0) is 18.9 Å². The number of likely N-dealkylation sites (tertiary alicyclic amines) is 1. The highest BCUT2D eigenvalue weighted by Crippen LogP contribution is 2.38. The summed E-state index contributed by atoms with van der Waals surface area (Å²) in [5, 5.41) is 12.4. The molecule has 6 heteroatoms. The first-order valence-corrected chi connectivity index (χ1v) is 8.27. The van der Waals surface area contributed by atoms with Gasteiger partial charge >= 0.3 is 0 Å². The summed E-state index contributed by atoms with van der Waals surface area (Å²) in [4.78, 5) is 14.4. The number of rotatable bonds is 6. The summed E-state index contributed by atoms with van der Waals surface area (Å²) in [6.45, 7) is 1.64. The smallest absolute Gasteiger partial charge is 0.222 e. The zero-order valence-electron chi connectivity index (χ0n) is 13.6. The van der Waals surface area contributed by atoms with Gasteiger partial charge in [0.05, 0.1) is 0 Å². The van der Waals surface area contributed by atoms with Crippen molar-refractivity contribution in [2.24, 2.45) is 17.3 Å². The number of nitrogens with zero attached hydrogens (tertiary/aromatic N) is 5. The van der Waals surface area contributed by atoms with Crippen LogP contribution in [-0.2, 0) is 11.8 Å². The minimum atomic E-state index is -0.352. The SMILES string of the molecule is C#CCCC1(CCC(=O)N2CCC(c3ccnn3C)CC2)N=N1. The lowest BCUT2D eigenvalue weighted by Crippen LogP contribution is -2.38. The van der Waals surface area contributed by atoms with Gasteiger partial charge in [-0.3, -0.25) is 9.48 Å². The van der Waals surface area contributed by atoms with Gasteiger partial charge in [0.1, 0.15) is 0 Å². The number of terminal acetylenes is 1. The van der Waals surface area contributed by atoms with Crippen LogP contribution in [0, 0.1) is 12.3 Å². The number of carbonyl (C=O) groups excluding carboxylic acids is 1. The van der Waals surface area contributed by atoms with Crippen LogP contribution in [-0.4, -0.2) is 39.3 Å². The zero-order chi connectivity index (χ0) is 16.3. The molecule has 0 radical (unpaired) electrons. The van der Waals surface area contributed by atoms with E-state index >= 15 is 0 Å². The third-order valence-electron chi connectivity index (χ3n) is 4.92. The molecule has 0 unspecified atom stereocenters. The molecule has 3 rings (SSSR count). The highest BCUT2D eigenvalue weighted by Gasteiger charge is 2.39. The van der Waals surface area contributed by atoms with E-state index in [1.165, 1.54) is 5.69 Å². The largest absolute Gasteiger partial charge is 0.343 e. The molecule has 1 saturated heterocycles. The molecule has 2 aliphatic heterocycles. The van der Waals surface area contributed by atoms with Crippen LogP contribution in [0.2, 0.25) is 0 Å². The Morgan fingerprint density at radius 2 is 2.13 bits per heavy atom. The quantitative estimate of drug-likeness (QED) is 0.757. The van der Waals surface area contributed by atoms with E-state index in [9.17, 15) is 4.79 Å². The first-order valence-electron chi connectivity index (χ1n) is 8.27. The van der Waals surface area contributed by atoms with Gasteiger partial charge in [0.15, 0.2) is 5.66 Å². The second-order valence-corrected chi connectivity index (χ2v) is 6.42. The Bertz CT molecular complexity index is 628. The van der Waals surface area contributed by atoms with Gasteiger partial charge in [0, 0.05) is 63.6 Å². The van der Waals surface area contributed by atoms with Crippen LogP contribution < -0.4 is 0 Å². The van der Waals surface area contributed by atoms with Crippen molar-refractivity contribution in [3.8, 4) is 12.3 Å². The second-order valence-electron chi connectivity index (χ2n) is 6.42. The van der Waals surface area contributed by atoms with E-state index in [4.69, 9.17) is 6.42 Å². The Morgan fingerprint density at radius 1 is 1.39 bits per heavy atom. The van der Waals surface area contributed by atoms with Crippen LogP contribution in [0.5, 0.6) is 0 Å². The van der Waals surface area contributed by atoms with Crippen LogP contribution in [0.4, 0.5) is 0 Å². The number of hydrogen-bond donors (Lipinski definition) is 0. The van der Waals surface area contributed by atoms with Gasteiger partial charge in [-0.2, -0.15) is 15.3 Å².